The van der Waals surface area contributed by atoms with Crippen LogP contribution in [0.5, 0.6) is 0 Å². The van der Waals surface area contributed by atoms with Crippen molar-refractivity contribution < 1.29 is 29.7 Å². The van der Waals surface area contributed by atoms with Crippen molar-refractivity contribution in [2.75, 3.05) is 13.2 Å². The maximum atomic E-state index is 12.1. The van der Waals surface area contributed by atoms with E-state index >= 15 is 0 Å². The van der Waals surface area contributed by atoms with Crippen molar-refractivity contribution in [1.29, 1.82) is 0 Å². The van der Waals surface area contributed by atoms with Gasteiger partial charge in [0.05, 0.1) is 11.8 Å². The molecule has 4 rings (SSSR count). The second-order valence-corrected chi connectivity index (χ2v) is 12.5. The molecule has 8 heteroatoms. The minimum atomic E-state index is -1.57. The molecule has 0 aromatic rings. The van der Waals surface area contributed by atoms with Crippen LogP contribution in [0.2, 0.25) is 0 Å². The molecular weight excluding hydrogens is 448 g/mol. The zero-order chi connectivity index (χ0) is 25.6. The number of carboxylic acids is 1. The second-order valence-electron chi connectivity index (χ2n) is 12.5. The van der Waals surface area contributed by atoms with E-state index < -0.39 is 23.4 Å². The van der Waals surface area contributed by atoms with Crippen LogP contribution in [0.1, 0.15) is 79.1 Å². The molecule has 0 unspecified atom stereocenters. The zero-order valence-electron chi connectivity index (χ0n) is 21.5. The molecule has 7 atom stereocenters. The number of fused-ring (bicyclic) bond motifs is 5. The highest BCUT2D eigenvalue weighted by molar-refractivity contribution is 5.96. The Morgan fingerprint density at radius 2 is 1.91 bits per heavy atom. The lowest BCUT2D eigenvalue weighted by molar-refractivity contribution is -0.153. The van der Waals surface area contributed by atoms with Crippen molar-refractivity contribution in [3.05, 3.63) is 11.6 Å². The molecule has 1 amide bonds. The number of hydrogen-bond acceptors (Lipinski definition) is 6. The number of nitrogens with one attached hydrogen (secondary N) is 1. The average molecular weight is 491 g/mol. The first-order valence-electron chi connectivity index (χ1n) is 13.1. The minimum Gasteiger partial charge on any atom is -0.479 e. The summed E-state index contributed by atoms with van der Waals surface area (Å²) in [4.78, 5) is 28.5. The molecule has 0 aliphatic heterocycles. The van der Waals surface area contributed by atoms with Crippen LogP contribution in [0.3, 0.4) is 0 Å². The van der Waals surface area contributed by atoms with Gasteiger partial charge in [0.15, 0.2) is 12.7 Å². The highest BCUT2D eigenvalue weighted by Gasteiger charge is 2.58. The molecule has 3 fully saturated rings. The lowest BCUT2D eigenvalue weighted by Gasteiger charge is -2.57. The molecule has 3 saturated carbocycles. The van der Waals surface area contributed by atoms with Crippen molar-refractivity contribution in [2.24, 2.45) is 39.2 Å². The maximum Gasteiger partial charge on any atom is 0.333 e. The molecule has 0 bridgehead atoms. The summed E-state index contributed by atoms with van der Waals surface area (Å²) in [7, 11) is 0. The Hall–Kier alpha value is -1.93. The number of nitrogens with zero attached hydrogens (tertiary/aromatic N) is 1. The number of hydrogen-bond donors (Lipinski definition) is 4. The molecule has 196 valence electrons. The molecule has 4 N–H and O–H groups in total. The molecule has 8 nitrogen and oxygen atoms in total. The summed E-state index contributed by atoms with van der Waals surface area (Å²) in [6.07, 6.45) is 8.93. The number of aliphatic hydroxyl groups excluding tert-OH is 2. The van der Waals surface area contributed by atoms with Gasteiger partial charge in [0, 0.05) is 12.0 Å². The fourth-order valence-electron chi connectivity index (χ4n) is 7.60. The van der Waals surface area contributed by atoms with Gasteiger partial charge < -0.3 is 25.5 Å². The normalized spacial score (nSPS) is 38.6. The van der Waals surface area contributed by atoms with Gasteiger partial charge in [-0.3, -0.25) is 4.79 Å². The Kier molecular flexibility index (Phi) is 7.10. The predicted molar refractivity (Wildman–Crippen MR) is 132 cm³/mol. The molecule has 0 aromatic carbocycles. The fraction of sp³-hybridized carbons (Fsp3) is 0.815. The van der Waals surface area contributed by atoms with Gasteiger partial charge in [0.25, 0.3) is 5.91 Å². The number of aliphatic carboxylic acids is 1. The summed E-state index contributed by atoms with van der Waals surface area (Å²) in [5.74, 6) is 0.256. The minimum absolute atomic E-state index is 0.0151. The number of amides is 1. The number of carbonyl (C=O) groups excluding carboxylic acids is 1. The first-order valence-corrected chi connectivity index (χ1v) is 13.1. The average Bonchev–Trinajstić information content (AvgIpc) is 3.11. The molecule has 0 spiro atoms. The summed E-state index contributed by atoms with van der Waals surface area (Å²) >= 11 is 0. The summed E-state index contributed by atoms with van der Waals surface area (Å²) < 4.78 is 0. The van der Waals surface area contributed by atoms with Crippen molar-refractivity contribution in [1.82, 2.24) is 5.32 Å². The van der Waals surface area contributed by atoms with Gasteiger partial charge in [-0.1, -0.05) is 38.4 Å². The third-order valence-corrected chi connectivity index (χ3v) is 10.0. The summed E-state index contributed by atoms with van der Waals surface area (Å²) in [6, 6.07) is 0. The summed E-state index contributed by atoms with van der Waals surface area (Å²) in [6.45, 7) is 7.65. The van der Waals surface area contributed by atoms with Gasteiger partial charge in [0.1, 0.15) is 0 Å². The molecule has 0 saturated heterocycles. The van der Waals surface area contributed by atoms with Crippen LogP contribution in [0.4, 0.5) is 0 Å². The lowest BCUT2D eigenvalue weighted by Crippen LogP contribution is -2.51. The topological polar surface area (TPSA) is 128 Å². The number of allylic oxidation sites excluding steroid dienone is 2. The van der Waals surface area contributed by atoms with Crippen molar-refractivity contribution in [2.45, 2.75) is 91.3 Å². The molecule has 4 aliphatic carbocycles. The van der Waals surface area contributed by atoms with Gasteiger partial charge in [-0.2, -0.15) is 0 Å². The van der Waals surface area contributed by atoms with Crippen LogP contribution in [0.15, 0.2) is 16.8 Å². The van der Waals surface area contributed by atoms with Gasteiger partial charge in [-0.15, -0.1) is 0 Å². The Labute approximate surface area is 208 Å². The van der Waals surface area contributed by atoms with Crippen LogP contribution in [0, 0.1) is 34.0 Å². The molecular formula is C27H42N2O6. The Bertz CT molecular complexity index is 913. The highest BCUT2D eigenvalue weighted by atomic mass is 16.6. The zero-order valence-corrected chi connectivity index (χ0v) is 21.5. The van der Waals surface area contributed by atoms with E-state index in [0.717, 1.165) is 44.2 Å². The monoisotopic (exact) mass is 490 g/mol. The van der Waals surface area contributed by atoms with E-state index in [9.17, 15) is 19.8 Å². The quantitative estimate of drug-likeness (QED) is 0.406. The Morgan fingerprint density at radius 1 is 1.17 bits per heavy atom. The van der Waals surface area contributed by atoms with E-state index in [1.54, 1.807) is 13.8 Å². The second kappa shape index (κ2) is 9.51. The van der Waals surface area contributed by atoms with E-state index in [-0.39, 0.29) is 30.1 Å². The number of carbonyl (C=O) groups is 2. The highest BCUT2D eigenvalue weighted by Crippen LogP contribution is 2.65. The maximum absolute atomic E-state index is 12.1. The van der Waals surface area contributed by atoms with E-state index in [2.05, 4.69) is 30.4 Å². The van der Waals surface area contributed by atoms with Crippen molar-refractivity contribution in [3.63, 3.8) is 0 Å². The molecule has 0 radical (unpaired) electrons. The summed E-state index contributed by atoms with van der Waals surface area (Å²) in [5, 5.41) is 36.2. The molecule has 0 aromatic heterocycles. The van der Waals surface area contributed by atoms with Crippen molar-refractivity contribution in [3.8, 4) is 0 Å². The predicted octanol–water partition coefficient (Wildman–Crippen LogP) is 3.27. The number of oxime groups is 1. The third-order valence-electron chi connectivity index (χ3n) is 10.0. The van der Waals surface area contributed by atoms with E-state index in [1.165, 1.54) is 18.4 Å². The number of carboxylic acid groups (broad SMARTS) is 1. The van der Waals surface area contributed by atoms with Gasteiger partial charge in [0.2, 0.25) is 0 Å². The van der Waals surface area contributed by atoms with Gasteiger partial charge >= 0.3 is 5.97 Å². The van der Waals surface area contributed by atoms with E-state index in [0.29, 0.717) is 17.8 Å². The van der Waals surface area contributed by atoms with Crippen LogP contribution in [-0.2, 0) is 14.4 Å². The van der Waals surface area contributed by atoms with E-state index in [4.69, 9.17) is 9.94 Å². The van der Waals surface area contributed by atoms with Gasteiger partial charge in [-0.25, -0.2) is 4.79 Å². The molecule has 35 heavy (non-hydrogen) atoms. The van der Waals surface area contributed by atoms with E-state index in [1.807, 2.05) is 0 Å². The lowest BCUT2D eigenvalue weighted by atomic mass is 9.47. The first-order chi connectivity index (χ1) is 16.4. The largest absolute Gasteiger partial charge is 0.479 e. The van der Waals surface area contributed by atoms with Crippen LogP contribution in [-0.4, -0.2) is 58.3 Å². The fourth-order valence-corrected chi connectivity index (χ4v) is 7.60. The SMILES string of the molecule is CC(C)(CNC(=O)CO/N=C1/C=C2CC[C@H]3[C@@H](CC[C@]4(C)[C@@H](O)CC[C@@H]34)[C@@]2(C)CC1)[C@@H](O)C(=O)O. The smallest absolute Gasteiger partial charge is 0.333 e. The Balaban J connectivity index is 1.33. The summed E-state index contributed by atoms with van der Waals surface area (Å²) in [5.41, 5.74) is 1.57. The van der Waals surface area contributed by atoms with Crippen LogP contribution >= 0.6 is 0 Å². The Morgan fingerprint density at radius 3 is 2.63 bits per heavy atom. The third kappa shape index (κ3) is 4.76. The van der Waals surface area contributed by atoms with Crippen molar-refractivity contribution >= 4 is 17.6 Å². The molecule has 4 aliphatic rings. The van der Waals surface area contributed by atoms with Crippen LogP contribution < -0.4 is 5.32 Å². The molecule has 0 heterocycles. The number of aliphatic hydroxyl groups is 2. The van der Waals surface area contributed by atoms with Crippen LogP contribution in [0.25, 0.3) is 0 Å². The van der Waals surface area contributed by atoms with Gasteiger partial charge in [-0.05, 0) is 86.0 Å². The standard InChI is InChI=1S/C27H42N2O6/c1-25(2,23(32)24(33)34)15-28-22(31)14-35-29-17-9-11-26(3)16(13-17)5-6-18-19-7-8-21(30)27(19,4)12-10-20(18)26/h13,18-21,23,30,32H,5-12,14-15H2,1-4H3,(H,28,31)(H,33,34)/b29-17+/t18-,19+,20-,21+,23+,26+,27+/m1/s1. The number of rotatable bonds is 7. The first kappa shape index (κ1) is 26.1.